The number of ether oxygens (including phenoxy) is 1. The number of carbonyl (C=O) groups excluding carboxylic acids is 5. The van der Waals surface area contributed by atoms with Crippen molar-refractivity contribution >= 4 is 29.6 Å². The number of esters is 1. The molecule has 1 heterocycles. The largest absolute Gasteiger partial charge is 0.459 e. The molecule has 35 heavy (non-hydrogen) atoms. The Morgan fingerprint density at radius 3 is 2.20 bits per heavy atom. The number of aromatic amines is 1. The third kappa shape index (κ3) is 12.0. The zero-order valence-corrected chi connectivity index (χ0v) is 20.8. The van der Waals surface area contributed by atoms with Crippen LogP contribution in [0.25, 0.3) is 0 Å². The lowest BCUT2D eigenvalue weighted by atomic mass is 10.0. The van der Waals surface area contributed by atoms with E-state index in [0.29, 0.717) is 5.69 Å². The van der Waals surface area contributed by atoms with Gasteiger partial charge in [-0.3, -0.25) is 24.0 Å². The number of imidazole rings is 1. The molecule has 13 nitrogen and oxygen atoms in total. The molecule has 0 spiro atoms. The van der Waals surface area contributed by atoms with Gasteiger partial charge in [0.15, 0.2) is 0 Å². The highest BCUT2D eigenvalue weighted by Crippen LogP contribution is 2.08. The highest BCUT2D eigenvalue weighted by molar-refractivity contribution is 5.96. The number of nitrogens with zero attached hydrogens (tertiary/aromatic N) is 1. The number of nitrogens with two attached hydrogens (primary N) is 2. The van der Waals surface area contributed by atoms with Gasteiger partial charge < -0.3 is 37.1 Å². The molecule has 0 saturated carbocycles. The van der Waals surface area contributed by atoms with E-state index < -0.39 is 59.7 Å². The van der Waals surface area contributed by atoms with Crippen molar-refractivity contribution in [2.75, 3.05) is 6.54 Å². The first-order valence-corrected chi connectivity index (χ1v) is 11.3. The molecule has 0 aromatic carbocycles. The SMILES string of the molecule is CC(C)C[C@H](NC(=O)[C@@H](CC(N)=O)NC(=O)[C@@H](N)Cc1cnc[nH]1)C(=O)NCC(=O)OC(C)(C)C. The smallest absolute Gasteiger partial charge is 0.325 e. The molecule has 1 aromatic rings. The molecule has 8 N–H and O–H groups in total. The molecule has 3 atom stereocenters. The minimum atomic E-state index is -1.35. The molecule has 0 fully saturated rings. The summed E-state index contributed by atoms with van der Waals surface area (Å²) >= 11 is 0. The fourth-order valence-electron chi connectivity index (χ4n) is 3.05. The third-order valence-corrected chi connectivity index (χ3v) is 4.54. The van der Waals surface area contributed by atoms with Crippen LogP contribution in [0, 0.1) is 5.92 Å². The van der Waals surface area contributed by atoms with Crippen LogP contribution in [0.1, 0.15) is 53.2 Å². The van der Waals surface area contributed by atoms with Gasteiger partial charge >= 0.3 is 5.97 Å². The summed E-state index contributed by atoms with van der Waals surface area (Å²) in [5.41, 5.74) is 11.0. The van der Waals surface area contributed by atoms with Crippen LogP contribution in [-0.4, -0.2) is 69.8 Å². The quantitative estimate of drug-likeness (QED) is 0.179. The molecule has 0 aliphatic heterocycles. The van der Waals surface area contributed by atoms with Crippen LogP contribution in [0.3, 0.4) is 0 Å². The summed E-state index contributed by atoms with van der Waals surface area (Å²) in [6.07, 6.45) is 2.81. The van der Waals surface area contributed by atoms with Crippen molar-refractivity contribution in [1.29, 1.82) is 0 Å². The first kappa shape index (κ1) is 29.6. The molecule has 4 amide bonds. The summed E-state index contributed by atoms with van der Waals surface area (Å²) in [7, 11) is 0. The van der Waals surface area contributed by atoms with E-state index in [1.54, 1.807) is 20.8 Å². The van der Waals surface area contributed by atoms with E-state index in [1.807, 2.05) is 13.8 Å². The second-order valence-corrected chi connectivity index (χ2v) is 9.61. The molecule has 0 aliphatic carbocycles. The van der Waals surface area contributed by atoms with Crippen LogP contribution in [-0.2, 0) is 35.1 Å². The molecular weight excluding hydrogens is 458 g/mol. The number of rotatable bonds is 13. The van der Waals surface area contributed by atoms with Crippen molar-refractivity contribution in [3.8, 4) is 0 Å². The van der Waals surface area contributed by atoms with Crippen molar-refractivity contribution in [1.82, 2.24) is 25.9 Å². The van der Waals surface area contributed by atoms with Gasteiger partial charge in [-0.2, -0.15) is 0 Å². The Bertz CT molecular complexity index is 879. The normalized spacial score (nSPS) is 13.9. The Labute approximate surface area is 204 Å². The highest BCUT2D eigenvalue weighted by atomic mass is 16.6. The van der Waals surface area contributed by atoms with Gasteiger partial charge in [0.1, 0.15) is 24.2 Å². The molecule has 196 valence electrons. The molecule has 0 radical (unpaired) electrons. The first-order valence-electron chi connectivity index (χ1n) is 11.3. The van der Waals surface area contributed by atoms with E-state index in [4.69, 9.17) is 16.2 Å². The van der Waals surface area contributed by atoms with Crippen molar-refractivity contribution < 1.29 is 28.7 Å². The Morgan fingerprint density at radius 2 is 1.69 bits per heavy atom. The van der Waals surface area contributed by atoms with E-state index in [-0.39, 0.29) is 25.3 Å². The molecule has 1 aromatic heterocycles. The summed E-state index contributed by atoms with van der Waals surface area (Å²) in [6.45, 7) is 8.40. The maximum atomic E-state index is 12.9. The first-order chi connectivity index (χ1) is 16.2. The maximum absolute atomic E-state index is 12.9. The van der Waals surface area contributed by atoms with E-state index in [0.717, 1.165) is 0 Å². The van der Waals surface area contributed by atoms with E-state index in [2.05, 4.69) is 25.9 Å². The van der Waals surface area contributed by atoms with Crippen LogP contribution >= 0.6 is 0 Å². The number of aromatic nitrogens is 2. The van der Waals surface area contributed by atoms with Gasteiger partial charge in [-0.1, -0.05) is 13.8 Å². The molecule has 13 heteroatoms. The second kappa shape index (κ2) is 13.4. The Morgan fingerprint density at radius 1 is 1.06 bits per heavy atom. The van der Waals surface area contributed by atoms with Gasteiger partial charge in [-0.15, -0.1) is 0 Å². The average Bonchev–Trinajstić information content (AvgIpc) is 3.21. The zero-order valence-electron chi connectivity index (χ0n) is 20.8. The average molecular weight is 496 g/mol. The van der Waals surface area contributed by atoms with E-state index in [9.17, 15) is 24.0 Å². The summed E-state index contributed by atoms with van der Waals surface area (Å²) < 4.78 is 5.16. The minimum absolute atomic E-state index is 0.000384. The van der Waals surface area contributed by atoms with Crippen LogP contribution in [0.5, 0.6) is 0 Å². The van der Waals surface area contributed by atoms with Gasteiger partial charge in [-0.05, 0) is 33.1 Å². The van der Waals surface area contributed by atoms with Gasteiger partial charge in [0, 0.05) is 18.3 Å². The van der Waals surface area contributed by atoms with Crippen molar-refractivity contribution in [3.63, 3.8) is 0 Å². The summed E-state index contributed by atoms with van der Waals surface area (Å²) in [5, 5.41) is 7.39. The fourth-order valence-corrected chi connectivity index (χ4v) is 3.05. The lowest BCUT2D eigenvalue weighted by molar-refractivity contribution is -0.154. The van der Waals surface area contributed by atoms with E-state index in [1.165, 1.54) is 12.5 Å². The van der Waals surface area contributed by atoms with Gasteiger partial charge in [0.05, 0.1) is 18.8 Å². The number of carbonyl (C=O) groups is 5. The zero-order chi connectivity index (χ0) is 26.8. The Hall–Kier alpha value is -3.48. The summed E-state index contributed by atoms with van der Waals surface area (Å²) in [6, 6.07) is -3.40. The monoisotopic (exact) mass is 495 g/mol. The number of amides is 4. The van der Waals surface area contributed by atoms with Crippen LogP contribution in [0.15, 0.2) is 12.5 Å². The molecule has 0 saturated heterocycles. The number of hydrogen-bond donors (Lipinski definition) is 6. The molecule has 0 unspecified atom stereocenters. The lowest BCUT2D eigenvalue weighted by Crippen LogP contribution is -2.57. The molecular formula is C22H37N7O6. The number of hydrogen-bond acceptors (Lipinski definition) is 8. The van der Waals surface area contributed by atoms with Crippen molar-refractivity contribution in [2.24, 2.45) is 17.4 Å². The van der Waals surface area contributed by atoms with Gasteiger partial charge in [0.25, 0.3) is 0 Å². The van der Waals surface area contributed by atoms with Crippen molar-refractivity contribution in [3.05, 3.63) is 18.2 Å². The van der Waals surface area contributed by atoms with Crippen LogP contribution in [0.2, 0.25) is 0 Å². The highest BCUT2D eigenvalue weighted by Gasteiger charge is 2.30. The topological polar surface area (TPSA) is 211 Å². The molecule has 0 bridgehead atoms. The van der Waals surface area contributed by atoms with Crippen LogP contribution in [0.4, 0.5) is 0 Å². The number of H-pyrrole nitrogens is 1. The standard InChI is InChI=1S/C22H37N7O6/c1-12(2)6-15(20(33)26-10-18(31)35-22(3,4)5)29-21(34)16(8-17(24)30)28-19(32)14(23)7-13-9-25-11-27-13/h9,11-12,14-16H,6-8,10,23H2,1-5H3,(H2,24,30)(H,25,27)(H,26,33)(H,28,32)(H,29,34)/t14-,15-,16+/m0/s1. The fraction of sp³-hybridized carbons (Fsp3) is 0.636. The molecule has 1 rings (SSSR count). The minimum Gasteiger partial charge on any atom is -0.459 e. The number of primary amides is 1. The van der Waals surface area contributed by atoms with Gasteiger partial charge in [0.2, 0.25) is 23.6 Å². The summed E-state index contributed by atoms with van der Waals surface area (Å²) in [5.74, 6) is -3.55. The second-order valence-electron chi connectivity index (χ2n) is 9.61. The third-order valence-electron chi connectivity index (χ3n) is 4.54. The maximum Gasteiger partial charge on any atom is 0.325 e. The van der Waals surface area contributed by atoms with Crippen LogP contribution < -0.4 is 27.4 Å². The predicted molar refractivity (Wildman–Crippen MR) is 126 cm³/mol. The van der Waals surface area contributed by atoms with E-state index >= 15 is 0 Å². The lowest BCUT2D eigenvalue weighted by Gasteiger charge is -2.25. The van der Waals surface area contributed by atoms with Gasteiger partial charge in [-0.25, -0.2) is 4.98 Å². The Balaban J connectivity index is 2.84. The number of nitrogens with one attached hydrogen (secondary N) is 4. The predicted octanol–water partition coefficient (Wildman–Crippen LogP) is -1.37. The Kier molecular flexibility index (Phi) is 11.3. The van der Waals surface area contributed by atoms with Crippen molar-refractivity contribution in [2.45, 2.75) is 77.6 Å². The molecule has 0 aliphatic rings. The summed E-state index contributed by atoms with van der Waals surface area (Å²) in [4.78, 5) is 68.2.